The van der Waals surface area contributed by atoms with E-state index in [4.69, 9.17) is 4.74 Å². The molecule has 0 aliphatic rings. The molecule has 0 fully saturated rings. The van der Waals surface area contributed by atoms with Crippen molar-refractivity contribution in [2.24, 2.45) is 0 Å². The van der Waals surface area contributed by atoms with Crippen LogP contribution in [-0.4, -0.2) is 38.1 Å². The Morgan fingerprint density at radius 3 is 2.12 bits per heavy atom. The molecule has 0 N–H and O–H groups in total. The second-order valence-electron chi connectivity index (χ2n) is 5.92. The Labute approximate surface area is 151 Å². The van der Waals surface area contributed by atoms with Gasteiger partial charge in [0, 0.05) is 6.54 Å². The van der Waals surface area contributed by atoms with E-state index in [1.165, 1.54) is 5.56 Å². The summed E-state index contributed by atoms with van der Waals surface area (Å²) in [4.78, 5) is 14.3. The Balaban J connectivity index is 0.00000288. The number of hydrogen-bond donors (Lipinski definition) is 0. The summed E-state index contributed by atoms with van der Waals surface area (Å²) in [5, 5.41) is 0. The molecule has 0 bridgehead atoms. The molecule has 0 aliphatic carbocycles. The molecular formula is C20H26ClNO2. The molecule has 0 spiro atoms. The molecule has 0 saturated carbocycles. The molecule has 4 heteroatoms. The molecule has 0 heterocycles. The van der Waals surface area contributed by atoms with Gasteiger partial charge in [-0.2, -0.15) is 0 Å². The van der Waals surface area contributed by atoms with Crippen LogP contribution in [0.5, 0.6) is 0 Å². The number of carbonyl (C=O) groups is 1. The standard InChI is InChI=1S/C20H25NO2.ClH/c1-4-19(20(22)23-15-14-21(2)3)18-12-10-17(11-13-18)16-8-6-5-7-9-16;/h5-13,19H,4,14-15H2,1-3H3;1H. The van der Waals surface area contributed by atoms with Crippen LogP contribution in [-0.2, 0) is 9.53 Å². The zero-order valence-corrected chi connectivity index (χ0v) is 15.4. The quantitative estimate of drug-likeness (QED) is 0.696. The van der Waals surface area contributed by atoms with Crippen molar-refractivity contribution in [3.05, 3.63) is 60.2 Å². The highest BCUT2D eigenvalue weighted by Gasteiger charge is 2.20. The number of nitrogens with zero attached hydrogens (tertiary/aromatic N) is 1. The number of ether oxygens (including phenoxy) is 1. The van der Waals surface area contributed by atoms with Crippen molar-refractivity contribution in [3.63, 3.8) is 0 Å². The molecule has 0 aliphatic heterocycles. The van der Waals surface area contributed by atoms with E-state index >= 15 is 0 Å². The summed E-state index contributed by atoms with van der Waals surface area (Å²) in [6.07, 6.45) is 0.742. The molecule has 3 nitrogen and oxygen atoms in total. The average molecular weight is 348 g/mol. The minimum absolute atomic E-state index is 0. The summed E-state index contributed by atoms with van der Waals surface area (Å²) < 4.78 is 5.39. The van der Waals surface area contributed by atoms with Gasteiger partial charge in [-0.05, 0) is 37.2 Å². The third-order valence-corrected chi connectivity index (χ3v) is 3.90. The van der Waals surface area contributed by atoms with Gasteiger partial charge >= 0.3 is 5.97 Å². The second-order valence-corrected chi connectivity index (χ2v) is 5.92. The van der Waals surface area contributed by atoms with Crippen LogP contribution in [0.2, 0.25) is 0 Å². The van der Waals surface area contributed by atoms with Crippen LogP contribution in [0.3, 0.4) is 0 Å². The molecule has 130 valence electrons. The Morgan fingerprint density at radius 2 is 1.58 bits per heavy atom. The van der Waals surface area contributed by atoms with E-state index in [-0.39, 0.29) is 24.3 Å². The minimum Gasteiger partial charge on any atom is -0.464 e. The number of carbonyl (C=O) groups excluding carboxylic acids is 1. The fourth-order valence-electron chi connectivity index (χ4n) is 2.51. The SMILES string of the molecule is CCC(C(=O)OCCN(C)C)c1ccc(-c2ccccc2)cc1.Cl. The minimum atomic E-state index is -0.193. The molecule has 1 unspecified atom stereocenters. The summed E-state index contributed by atoms with van der Waals surface area (Å²) in [5.41, 5.74) is 3.35. The van der Waals surface area contributed by atoms with E-state index in [1.54, 1.807) is 0 Å². The van der Waals surface area contributed by atoms with Gasteiger partial charge in [0.25, 0.3) is 0 Å². The first-order chi connectivity index (χ1) is 11.1. The van der Waals surface area contributed by atoms with Gasteiger partial charge < -0.3 is 9.64 Å². The van der Waals surface area contributed by atoms with Crippen LogP contribution in [0.25, 0.3) is 11.1 Å². The summed E-state index contributed by atoms with van der Waals surface area (Å²) >= 11 is 0. The second kappa shape index (κ2) is 10.1. The summed E-state index contributed by atoms with van der Waals surface area (Å²) in [6, 6.07) is 18.4. The van der Waals surface area contributed by atoms with Crippen molar-refractivity contribution in [3.8, 4) is 11.1 Å². The van der Waals surface area contributed by atoms with Gasteiger partial charge in [-0.1, -0.05) is 61.5 Å². The largest absolute Gasteiger partial charge is 0.464 e. The van der Waals surface area contributed by atoms with E-state index < -0.39 is 0 Å². The third-order valence-electron chi connectivity index (χ3n) is 3.90. The number of esters is 1. The van der Waals surface area contributed by atoms with Crippen LogP contribution in [0, 0.1) is 0 Å². The van der Waals surface area contributed by atoms with Gasteiger partial charge in [0.05, 0.1) is 5.92 Å². The molecule has 2 aromatic rings. The van der Waals surface area contributed by atoms with E-state index in [2.05, 4.69) is 24.3 Å². The monoisotopic (exact) mass is 347 g/mol. The van der Waals surface area contributed by atoms with E-state index in [9.17, 15) is 4.79 Å². The molecular weight excluding hydrogens is 322 g/mol. The predicted octanol–water partition coefficient (Wildman–Crippen LogP) is 4.37. The van der Waals surface area contributed by atoms with Gasteiger partial charge in [0.1, 0.15) is 6.61 Å². The number of benzene rings is 2. The zero-order valence-electron chi connectivity index (χ0n) is 14.6. The zero-order chi connectivity index (χ0) is 16.7. The van der Waals surface area contributed by atoms with Crippen LogP contribution in [0.1, 0.15) is 24.8 Å². The third kappa shape index (κ3) is 5.66. The fourth-order valence-corrected chi connectivity index (χ4v) is 2.51. The molecule has 2 aromatic carbocycles. The molecule has 24 heavy (non-hydrogen) atoms. The molecule has 0 radical (unpaired) electrons. The Morgan fingerprint density at radius 1 is 1.00 bits per heavy atom. The highest BCUT2D eigenvalue weighted by Crippen LogP contribution is 2.25. The van der Waals surface area contributed by atoms with Crippen LogP contribution in [0.15, 0.2) is 54.6 Å². The first-order valence-corrected chi connectivity index (χ1v) is 8.08. The molecule has 0 saturated heterocycles. The summed E-state index contributed by atoms with van der Waals surface area (Å²) in [5.74, 6) is -0.330. The summed E-state index contributed by atoms with van der Waals surface area (Å²) in [6.45, 7) is 3.20. The van der Waals surface area contributed by atoms with E-state index in [0.29, 0.717) is 6.61 Å². The molecule has 0 aromatic heterocycles. The molecule has 1 atom stereocenters. The predicted molar refractivity (Wildman–Crippen MR) is 102 cm³/mol. The smallest absolute Gasteiger partial charge is 0.313 e. The topological polar surface area (TPSA) is 29.5 Å². The number of likely N-dealkylation sites (N-methyl/N-ethyl adjacent to an activating group) is 1. The van der Waals surface area contributed by atoms with Gasteiger partial charge in [-0.25, -0.2) is 0 Å². The lowest BCUT2D eigenvalue weighted by molar-refractivity contribution is -0.145. The normalized spacial score (nSPS) is 11.7. The highest BCUT2D eigenvalue weighted by atomic mass is 35.5. The lowest BCUT2D eigenvalue weighted by Gasteiger charge is -2.16. The van der Waals surface area contributed by atoms with Gasteiger partial charge in [-0.15, -0.1) is 12.4 Å². The van der Waals surface area contributed by atoms with Gasteiger partial charge in [-0.3, -0.25) is 4.79 Å². The maximum Gasteiger partial charge on any atom is 0.313 e. The van der Waals surface area contributed by atoms with Crippen molar-refractivity contribution in [1.29, 1.82) is 0 Å². The average Bonchev–Trinajstić information content (AvgIpc) is 2.56. The van der Waals surface area contributed by atoms with Crippen molar-refractivity contribution in [1.82, 2.24) is 4.90 Å². The lowest BCUT2D eigenvalue weighted by Crippen LogP contribution is -2.23. The maximum absolute atomic E-state index is 12.3. The van der Waals surface area contributed by atoms with Crippen molar-refractivity contribution < 1.29 is 9.53 Å². The first kappa shape index (κ1) is 20.2. The Kier molecular flexibility index (Phi) is 8.51. The fraction of sp³-hybridized carbons (Fsp3) is 0.350. The number of hydrogen-bond acceptors (Lipinski definition) is 3. The van der Waals surface area contributed by atoms with Crippen molar-refractivity contribution in [2.45, 2.75) is 19.3 Å². The molecule has 2 rings (SSSR count). The highest BCUT2D eigenvalue weighted by molar-refractivity contribution is 5.85. The number of halogens is 1. The lowest BCUT2D eigenvalue weighted by atomic mass is 9.94. The Hall–Kier alpha value is -1.84. The van der Waals surface area contributed by atoms with Crippen LogP contribution >= 0.6 is 12.4 Å². The number of rotatable bonds is 7. The van der Waals surface area contributed by atoms with Gasteiger partial charge in [0.15, 0.2) is 0 Å². The van der Waals surface area contributed by atoms with Crippen molar-refractivity contribution >= 4 is 18.4 Å². The maximum atomic E-state index is 12.3. The van der Waals surface area contributed by atoms with Crippen LogP contribution < -0.4 is 0 Å². The van der Waals surface area contributed by atoms with Crippen LogP contribution in [0.4, 0.5) is 0 Å². The molecule has 0 amide bonds. The van der Waals surface area contributed by atoms with E-state index in [0.717, 1.165) is 24.1 Å². The van der Waals surface area contributed by atoms with Crippen molar-refractivity contribution in [2.75, 3.05) is 27.2 Å². The van der Waals surface area contributed by atoms with Gasteiger partial charge in [0.2, 0.25) is 0 Å². The summed E-state index contributed by atoms with van der Waals surface area (Å²) in [7, 11) is 3.93. The first-order valence-electron chi connectivity index (χ1n) is 8.08. The van der Waals surface area contributed by atoms with E-state index in [1.807, 2.05) is 56.3 Å². The Bertz CT molecular complexity index is 611.